The summed E-state index contributed by atoms with van der Waals surface area (Å²) in [6, 6.07) is 4.59. The number of aliphatic hydroxyl groups is 1. The van der Waals surface area contributed by atoms with Gasteiger partial charge < -0.3 is 14.6 Å². The highest BCUT2D eigenvalue weighted by atomic mass is 32.2. The molecule has 1 aliphatic heterocycles. The van der Waals surface area contributed by atoms with Crippen LogP contribution in [0.1, 0.15) is 24.8 Å². The average Bonchev–Trinajstić information content (AvgIpc) is 2.99. The number of ether oxygens (including phenoxy) is 2. The lowest BCUT2D eigenvalue weighted by Gasteiger charge is -2.13. The van der Waals surface area contributed by atoms with E-state index in [0.717, 1.165) is 19.4 Å². The van der Waals surface area contributed by atoms with Gasteiger partial charge in [0.05, 0.1) is 19.8 Å². The molecule has 0 saturated carbocycles. The predicted octanol–water partition coefficient (Wildman–Crippen LogP) is 1.03. The van der Waals surface area contributed by atoms with Gasteiger partial charge in [-0.05, 0) is 37.0 Å². The summed E-state index contributed by atoms with van der Waals surface area (Å²) >= 11 is 0. The Hall–Kier alpha value is -1.15. The molecule has 0 spiro atoms. The number of hydrogen-bond donors (Lipinski definition) is 2. The van der Waals surface area contributed by atoms with E-state index in [1.165, 1.54) is 13.2 Å². The molecule has 0 aliphatic carbocycles. The van der Waals surface area contributed by atoms with Gasteiger partial charge in [0.25, 0.3) is 0 Å². The zero-order valence-electron chi connectivity index (χ0n) is 12.0. The van der Waals surface area contributed by atoms with E-state index in [1.807, 2.05) is 0 Å². The Labute approximate surface area is 125 Å². The number of rotatable bonds is 7. The second-order valence-electron chi connectivity index (χ2n) is 4.96. The molecule has 7 heteroatoms. The van der Waals surface area contributed by atoms with E-state index in [2.05, 4.69) is 4.72 Å². The van der Waals surface area contributed by atoms with Crippen LogP contribution in [0.4, 0.5) is 0 Å². The van der Waals surface area contributed by atoms with Crippen molar-refractivity contribution in [2.45, 2.75) is 36.9 Å². The summed E-state index contributed by atoms with van der Waals surface area (Å²) in [5, 5.41) is 9.14. The SMILES string of the molecule is COc1ccc(CO)cc1S(=O)(=O)NCCC1CCCO1. The fourth-order valence-electron chi connectivity index (χ4n) is 2.33. The van der Waals surface area contributed by atoms with Crippen LogP contribution in [0.5, 0.6) is 5.75 Å². The normalized spacial score (nSPS) is 18.9. The van der Waals surface area contributed by atoms with E-state index in [-0.39, 0.29) is 23.4 Å². The van der Waals surface area contributed by atoms with Crippen LogP contribution in [0.15, 0.2) is 23.1 Å². The van der Waals surface area contributed by atoms with Crippen LogP contribution in [0.3, 0.4) is 0 Å². The monoisotopic (exact) mass is 315 g/mol. The van der Waals surface area contributed by atoms with Crippen molar-refractivity contribution in [1.82, 2.24) is 4.72 Å². The maximum Gasteiger partial charge on any atom is 0.244 e. The van der Waals surface area contributed by atoms with Crippen LogP contribution in [-0.4, -0.2) is 39.9 Å². The maximum absolute atomic E-state index is 12.3. The molecule has 1 fully saturated rings. The summed E-state index contributed by atoms with van der Waals surface area (Å²) in [4.78, 5) is 0.0453. The van der Waals surface area contributed by atoms with Gasteiger partial charge in [-0.3, -0.25) is 0 Å². The van der Waals surface area contributed by atoms with Crippen molar-refractivity contribution in [3.8, 4) is 5.75 Å². The van der Waals surface area contributed by atoms with Crippen LogP contribution >= 0.6 is 0 Å². The standard InChI is InChI=1S/C14H21NO5S/c1-19-13-5-4-11(10-16)9-14(13)21(17,18)15-7-6-12-3-2-8-20-12/h4-5,9,12,15-16H,2-3,6-8,10H2,1H3. The van der Waals surface area contributed by atoms with Gasteiger partial charge in [-0.2, -0.15) is 0 Å². The highest BCUT2D eigenvalue weighted by Gasteiger charge is 2.21. The summed E-state index contributed by atoms with van der Waals surface area (Å²) in [5.41, 5.74) is 0.523. The van der Waals surface area contributed by atoms with E-state index in [1.54, 1.807) is 12.1 Å². The van der Waals surface area contributed by atoms with Gasteiger partial charge in [0.2, 0.25) is 10.0 Å². The zero-order valence-corrected chi connectivity index (χ0v) is 12.9. The van der Waals surface area contributed by atoms with E-state index in [0.29, 0.717) is 18.5 Å². The first-order valence-corrected chi connectivity index (χ1v) is 8.44. The average molecular weight is 315 g/mol. The topological polar surface area (TPSA) is 84.9 Å². The Morgan fingerprint density at radius 1 is 1.48 bits per heavy atom. The third kappa shape index (κ3) is 4.16. The zero-order chi connectivity index (χ0) is 15.3. The summed E-state index contributed by atoms with van der Waals surface area (Å²) in [6.07, 6.45) is 2.80. The highest BCUT2D eigenvalue weighted by Crippen LogP contribution is 2.25. The minimum atomic E-state index is -3.67. The lowest BCUT2D eigenvalue weighted by atomic mass is 10.2. The maximum atomic E-state index is 12.3. The first-order valence-electron chi connectivity index (χ1n) is 6.96. The summed E-state index contributed by atoms with van der Waals surface area (Å²) < 4.78 is 37.8. The van der Waals surface area contributed by atoms with Gasteiger partial charge in [0, 0.05) is 13.2 Å². The largest absolute Gasteiger partial charge is 0.495 e. The molecule has 1 aromatic rings. The fraction of sp³-hybridized carbons (Fsp3) is 0.571. The Morgan fingerprint density at radius 3 is 2.90 bits per heavy atom. The lowest BCUT2D eigenvalue weighted by Crippen LogP contribution is -2.27. The van der Waals surface area contributed by atoms with Gasteiger partial charge in [0.15, 0.2) is 0 Å². The second-order valence-corrected chi connectivity index (χ2v) is 6.70. The van der Waals surface area contributed by atoms with E-state index in [4.69, 9.17) is 14.6 Å². The van der Waals surface area contributed by atoms with Crippen LogP contribution in [0.25, 0.3) is 0 Å². The molecule has 0 aromatic heterocycles. The van der Waals surface area contributed by atoms with E-state index < -0.39 is 10.0 Å². The van der Waals surface area contributed by atoms with Crippen LogP contribution in [0.2, 0.25) is 0 Å². The van der Waals surface area contributed by atoms with Crippen molar-refractivity contribution in [3.05, 3.63) is 23.8 Å². The number of benzene rings is 1. The van der Waals surface area contributed by atoms with Gasteiger partial charge >= 0.3 is 0 Å². The molecule has 1 unspecified atom stereocenters. The number of sulfonamides is 1. The molecule has 2 rings (SSSR count). The summed E-state index contributed by atoms with van der Waals surface area (Å²) in [7, 11) is -2.25. The van der Waals surface area contributed by atoms with Crippen molar-refractivity contribution < 1.29 is 23.0 Å². The molecule has 6 nitrogen and oxygen atoms in total. The van der Waals surface area contributed by atoms with Crippen molar-refractivity contribution >= 4 is 10.0 Å². The number of methoxy groups -OCH3 is 1. The molecule has 2 N–H and O–H groups in total. The van der Waals surface area contributed by atoms with E-state index in [9.17, 15) is 8.42 Å². The molecular weight excluding hydrogens is 294 g/mol. The first kappa shape index (κ1) is 16.2. The number of nitrogens with one attached hydrogen (secondary N) is 1. The van der Waals surface area contributed by atoms with Gasteiger partial charge in [-0.1, -0.05) is 6.07 Å². The smallest absolute Gasteiger partial charge is 0.244 e. The first-order chi connectivity index (χ1) is 10.1. The van der Waals surface area contributed by atoms with Gasteiger partial charge in [-0.25, -0.2) is 13.1 Å². The molecule has 0 radical (unpaired) electrons. The van der Waals surface area contributed by atoms with Crippen LogP contribution < -0.4 is 9.46 Å². The minimum absolute atomic E-state index is 0.0453. The third-order valence-corrected chi connectivity index (χ3v) is 4.96. The lowest BCUT2D eigenvalue weighted by molar-refractivity contribution is 0.105. The molecule has 118 valence electrons. The quantitative estimate of drug-likeness (QED) is 0.785. The molecule has 1 saturated heterocycles. The number of hydrogen-bond acceptors (Lipinski definition) is 5. The molecule has 1 aromatic carbocycles. The summed E-state index contributed by atoms with van der Waals surface area (Å²) in [5.74, 6) is 0.261. The van der Waals surface area contributed by atoms with Crippen molar-refractivity contribution in [1.29, 1.82) is 0 Å². The van der Waals surface area contributed by atoms with Gasteiger partial charge in [-0.15, -0.1) is 0 Å². The molecule has 1 aliphatic rings. The van der Waals surface area contributed by atoms with Crippen molar-refractivity contribution in [3.63, 3.8) is 0 Å². The van der Waals surface area contributed by atoms with Crippen molar-refractivity contribution in [2.75, 3.05) is 20.3 Å². The molecule has 1 heterocycles. The van der Waals surface area contributed by atoms with Crippen LogP contribution in [-0.2, 0) is 21.4 Å². The third-order valence-electron chi connectivity index (χ3n) is 3.48. The molecular formula is C14H21NO5S. The van der Waals surface area contributed by atoms with Gasteiger partial charge in [0.1, 0.15) is 10.6 Å². The Bertz CT molecular complexity index is 567. The Balaban J connectivity index is 2.06. The fourth-order valence-corrected chi connectivity index (χ4v) is 3.60. The Kier molecular flexibility index (Phi) is 5.58. The minimum Gasteiger partial charge on any atom is -0.495 e. The van der Waals surface area contributed by atoms with Crippen LogP contribution in [0, 0.1) is 0 Å². The van der Waals surface area contributed by atoms with E-state index >= 15 is 0 Å². The number of aliphatic hydroxyl groups excluding tert-OH is 1. The second kappa shape index (κ2) is 7.22. The predicted molar refractivity (Wildman–Crippen MR) is 77.7 cm³/mol. The highest BCUT2D eigenvalue weighted by molar-refractivity contribution is 7.89. The molecule has 0 bridgehead atoms. The molecule has 21 heavy (non-hydrogen) atoms. The molecule has 1 atom stereocenters. The Morgan fingerprint density at radius 2 is 2.29 bits per heavy atom. The molecule has 0 amide bonds. The van der Waals surface area contributed by atoms with Crippen molar-refractivity contribution in [2.24, 2.45) is 0 Å². The summed E-state index contributed by atoms with van der Waals surface area (Å²) in [6.45, 7) is 0.853.